The molecule has 0 radical (unpaired) electrons. The van der Waals surface area contributed by atoms with E-state index in [0.717, 1.165) is 16.0 Å². The van der Waals surface area contributed by atoms with Crippen LogP contribution in [-0.2, 0) is 4.74 Å². The first kappa shape index (κ1) is 10.9. The standard InChI is InChI=1S/C12H9N3O2S/c1-17-12(16)11-13-7-10(18-11)8-6-14-15-5-3-2-4-9(8)15/h2-7H,1H3. The Balaban J connectivity index is 2.09. The molecule has 0 aromatic carbocycles. The number of hydrogen-bond acceptors (Lipinski definition) is 5. The second-order valence-electron chi connectivity index (χ2n) is 3.61. The SMILES string of the molecule is COC(=O)c1ncc(-c2cnn3ccccc23)s1. The molecule has 3 aromatic rings. The van der Waals surface area contributed by atoms with Crippen molar-refractivity contribution in [1.82, 2.24) is 14.6 Å². The van der Waals surface area contributed by atoms with Crippen LogP contribution in [-0.4, -0.2) is 27.7 Å². The van der Waals surface area contributed by atoms with Gasteiger partial charge in [-0.15, -0.1) is 11.3 Å². The van der Waals surface area contributed by atoms with Gasteiger partial charge in [-0.2, -0.15) is 5.10 Å². The van der Waals surface area contributed by atoms with Crippen LogP contribution in [0.2, 0.25) is 0 Å². The number of rotatable bonds is 2. The van der Waals surface area contributed by atoms with Gasteiger partial charge in [-0.25, -0.2) is 14.3 Å². The summed E-state index contributed by atoms with van der Waals surface area (Å²) in [5.41, 5.74) is 1.95. The van der Waals surface area contributed by atoms with Crippen LogP contribution in [0, 0.1) is 0 Å². The molecule has 3 rings (SSSR count). The molecular weight excluding hydrogens is 250 g/mol. The van der Waals surface area contributed by atoms with Gasteiger partial charge in [0.2, 0.25) is 5.01 Å². The Hall–Kier alpha value is -2.21. The second kappa shape index (κ2) is 4.23. The summed E-state index contributed by atoms with van der Waals surface area (Å²) in [6.45, 7) is 0. The number of fused-ring (bicyclic) bond motifs is 1. The van der Waals surface area contributed by atoms with Crippen molar-refractivity contribution in [2.24, 2.45) is 0 Å². The molecule has 0 amide bonds. The Morgan fingerprint density at radius 2 is 2.28 bits per heavy atom. The Bertz CT molecular complexity index is 717. The number of methoxy groups -OCH3 is 1. The monoisotopic (exact) mass is 259 g/mol. The maximum Gasteiger partial charge on any atom is 0.367 e. The van der Waals surface area contributed by atoms with E-state index in [0.29, 0.717) is 5.01 Å². The molecule has 0 spiro atoms. The molecule has 0 aliphatic heterocycles. The summed E-state index contributed by atoms with van der Waals surface area (Å²) in [7, 11) is 1.35. The number of ether oxygens (including phenoxy) is 1. The minimum absolute atomic E-state index is 0.350. The Morgan fingerprint density at radius 3 is 3.11 bits per heavy atom. The molecule has 5 nitrogen and oxygen atoms in total. The number of pyridine rings is 1. The van der Waals surface area contributed by atoms with Crippen molar-refractivity contribution < 1.29 is 9.53 Å². The van der Waals surface area contributed by atoms with Crippen molar-refractivity contribution in [3.63, 3.8) is 0 Å². The lowest BCUT2D eigenvalue weighted by Crippen LogP contribution is -1.98. The van der Waals surface area contributed by atoms with Gasteiger partial charge in [0.05, 0.1) is 23.7 Å². The smallest absolute Gasteiger partial charge is 0.367 e. The highest BCUT2D eigenvalue weighted by Crippen LogP contribution is 2.29. The van der Waals surface area contributed by atoms with E-state index in [1.54, 1.807) is 16.9 Å². The Labute approximate surface area is 107 Å². The van der Waals surface area contributed by atoms with Gasteiger partial charge in [0.1, 0.15) is 0 Å². The number of esters is 1. The van der Waals surface area contributed by atoms with Crippen LogP contribution in [0.1, 0.15) is 9.80 Å². The summed E-state index contributed by atoms with van der Waals surface area (Å²) in [4.78, 5) is 16.3. The molecule has 3 aromatic heterocycles. The summed E-state index contributed by atoms with van der Waals surface area (Å²) < 4.78 is 6.43. The number of nitrogens with zero attached hydrogens (tertiary/aromatic N) is 3. The summed E-state index contributed by atoms with van der Waals surface area (Å²) in [6, 6.07) is 5.83. The number of thiazole rings is 1. The second-order valence-corrected chi connectivity index (χ2v) is 4.64. The molecule has 0 unspecified atom stereocenters. The van der Waals surface area contributed by atoms with Crippen LogP contribution in [0.3, 0.4) is 0 Å². The molecule has 0 N–H and O–H groups in total. The van der Waals surface area contributed by atoms with E-state index >= 15 is 0 Å². The Kier molecular flexibility index (Phi) is 2.56. The summed E-state index contributed by atoms with van der Waals surface area (Å²) in [5, 5.41) is 4.60. The fourth-order valence-corrected chi connectivity index (χ4v) is 2.56. The summed E-state index contributed by atoms with van der Waals surface area (Å²) in [5.74, 6) is -0.414. The quantitative estimate of drug-likeness (QED) is 0.662. The molecule has 0 aliphatic carbocycles. The van der Waals surface area contributed by atoms with Crippen LogP contribution in [0.15, 0.2) is 36.8 Å². The molecule has 18 heavy (non-hydrogen) atoms. The largest absolute Gasteiger partial charge is 0.464 e. The van der Waals surface area contributed by atoms with Gasteiger partial charge in [-0.3, -0.25) is 0 Å². The molecular formula is C12H9N3O2S. The maximum absolute atomic E-state index is 11.4. The number of aromatic nitrogens is 3. The van der Waals surface area contributed by atoms with E-state index in [1.807, 2.05) is 24.4 Å². The average molecular weight is 259 g/mol. The lowest BCUT2D eigenvalue weighted by molar-refractivity contribution is 0.0600. The highest BCUT2D eigenvalue weighted by molar-refractivity contribution is 7.17. The molecule has 3 heterocycles. The average Bonchev–Trinajstić information content (AvgIpc) is 3.03. The normalized spacial score (nSPS) is 10.7. The Morgan fingerprint density at radius 1 is 1.39 bits per heavy atom. The topological polar surface area (TPSA) is 56.5 Å². The van der Waals surface area contributed by atoms with E-state index in [-0.39, 0.29) is 0 Å². The van der Waals surface area contributed by atoms with Crippen LogP contribution in [0.25, 0.3) is 16.0 Å². The lowest BCUT2D eigenvalue weighted by Gasteiger charge is -1.94. The third-order valence-electron chi connectivity index (χ3n) is 2.56. The fourth-order valence-electron chi connectivity index (χ4n) is 1.70. The van der Waals surface area contributed by atoms with Crippen LogP contribution in [0.4, 0.5) is 0 Å². The van der Waals surface area contributed by atoms with E-state index < -0.39 is 5.97 Å². The lowest BCUT2D eigenvalue weighted by atomic mass is 10.2. The van der Waals surface area contributed by atoms with Crippen LogP contribution < -0.4 is 0 Å². The molecule has 0 aliphatic rings. The van der Waals surface area contributed by atoms with Crippen molar-refractivity contribution in [2.75, 3.05) is 7.11 Å². The molecule has 90 valence electrons. The molecule has 0 saturated heterocycles. The van der Waals surface area contributed by atoms with Gasteiger partial charge in [0.25, 0.3) is 0 Å². The van der Waals surface area contributed by atoms with Gasteiger partial charge in [0, 0.05) is 18.0 Å². The fraction of sp³-hybridized carbons (Fsp3) is 0.0833. The summed E-state index contributed by atoms with van der Waals surface area (Å²) >= 11 is 1.30. The zero-order chi connectivity index (χ0) is 12.5. The van der Waals surface area contributed by atoms with Gasteiger partial charge >= 0.3 is 5.97 Å². The number of hydrogen-bond donors (Lipinski definition) is 0. The predicted octanol–water partition coefficient (Wildman–Crippen LogP) is 2.24. The molecule has 6 heteroatoms. The van der Waals surface area contributed by atoms with Crippen LogP contribution in [0.5, 0.6) is 0 Å². The third kappa shape index (κ3) is 1.67. The number of carbonyl (C=O) groups excluding carboxylic acids is 1. The van der Waals surface area contributed by atoms with Crippen LogP contribution >= 0.6 is 11.3 Å². The third-order valence-corrected chi connectivity index (χ3v) is 3.57. The van der Waals surface area contributed by atoms with Gasteiger partial charge in [-0.1, -0.05) is 6.07 Å². The zero-order valence-electron chi connectivity index (χ0n) is 9.53. The van der Waals surface area contributed by atoms with Crippen molar-refractivity contribution >= 4 is 22.8 Å². The highest BCUT2D eigenvalue weighted by Gasteiger charge is 2.14. The first-order chi connectivity index (χ1) is 8.79. The minimum atomic E-state index is -0.414. The van der Waals surface area contributed by atoms with Crippen molar-refractivity contribution in [2.45, 2.75) is 0 Å². The summed E-state index contributed by atoms with van der Waals surface area (Å²) in [6.07, 6.45) is 5.31. The van der Waals surface area contributed by atoms with Crippen molar-refractivity contribution in [3.8, 4) is 10.4 Å². The van der Waals surface area contributed by atoms with Crippen molar-refractivity contribution in [1.29, 1.82) is 0 Å². The minimum Gasteiger partial charge on any atom is -0.464 e. The predicted molar refractivity (Wildman–Crippen MR) is 67.6 cm³/mol. The van der Waals surface area contributed by atoms with E-state index in [4.69, 9.17) is 0 Å². The van der Waals surface area contributed by atoms with Gasteiger partial charge < -0.3 is 4.74 Å². The van der Waals surface area contributed by atoms with E-state index in [9.17, 15) is 4.79 Å². The van der Waals surface area contributed by atoms with E-state index in [1.165, 1.54) is 18.4 Å². The first-order valence-electron chi connectivity index (χ1n) is 5.26. The van der Waals surface area contributed by atoms with Crippen molar-refractivity contribution in [3.05, 3.63) is 41.8 Å². The first-order valence-corrected chi connectivity index (χ1v) is 6.08. The molecule has 0 atom stereocenters. The highest BCUT2D eigenvalue weighted by atomic mass is 32.1. The molecule has 0 fully saturated rings. The molecule has 0 bridgehead atoms. The molecule has 0 saturated carbocycles. The maximum atomic E-state index is 11.4. The number of carbonyl (C=O) groups is 1. The van der Waals surface area contributed by atoms with Gasteiger partial charge in [0.15, 0.2) is 0 Å². The van der Waals surface area contributed by atoms with Gasteiger partial charge in [-0.05, 0) is 12.1 Å². The van der Waals surface area contributed by atoms with E-state index in [2.05, 4.69) is 14.8 Å². The zero-order valence-corrected chi connectivity index (χ0v) is 10.3.